The Morgan fingerprint density at radius 2 is 2.05 bits per heavy atom. The van der Waals surface area contributed by atoms with E-state index in [0.29, 0.717) is 12.2 Å². The van der Waals surface area contributed by atoms with Crippen molar-refractivity contribution in [1.29, 1.82) is 0 Å². The second-order valence-corrected chi connectivity index (χ2v) is 5.01. The monoisotopic (exact) mass is 274 g/mol. The minimum Gasteiger partial charge on any atom is -0.479 e. The van der Waals surface area contributed by atoms with Crippen molar-refractivity contribution in [2.45, 2.75) is 38.6 Å². The van der Waals surface area contributed by atoms with Crippen molar-refractivity contribution in [2.75, 3.05) is 0 Å². The highest BCUT2D eigenvalue weighted by Gasteiger charge is 2.38. The van der Waals surface area contributed by atoms with E-state index in [-0.39, 0.29) is 5.92 Å². The van der Waals surface area contributed by atoms with Crippen molar-refractivity contribution in [3.8, 4) is 0 Å². The SMILES string of the molecule is CCC(C)(C(=O)O)n1nnnc1C(C)c1ccccc1. The van der Waals surface area contributed by atoms with E-state index in [4.69, 9.17) is 0 Å². The molecule has 0 saturated carbocycles. The maximum atomic E-state index is 11.5. The maximum absolute atomic E-state index is 11.5. The van der Waals surface area contributed by atoms with Gasteiger partial charge in [-0.05, 0) is 29.3 Å². The van der Waals surface area contributed by atoms with E-state index in [1.807, 2.05) is 44.2 Å². The van der Waals surface area contributed by atoms with Crippen LogP contribution in [0.2, 0.25) is 0 Å². The summed E-state index contributed by atoms with van der Waals surface area (Å²) in [6.45, 7) is 5.41. The highest BCUT2D eigenvalue weighted by molar-refractivity contribution is 5.76. The van der Waals surface area contributed by atoms with E-state index in [0.717, 1.165) is 5.56 Å². The summed E-state index contributed by atoms with van der Waals surface area (Å²) in [5, 5.41) is 21.1. The topological polar surface area (TPSA) is 80.9 Å². The number of aromatic nitrogens is 4. The third-order valence-electron chi connectivity index (χ3n) is 3.80. The number of carbonyl (C=O) groups is 1. The van der Waals surface area contributed by atoms with Crippen LogP contribution in [0.1, 0.15) is 44.5 Å². The van der Waals surface area contributed by atoms with Gasteiger partial charge in [0.15, 0.2) is 11.4 Å². The van der Waals surface area contributed by atoms with Gasteiger partial charge >= 0.3 is 5.97 Å². The molecule has 2 unspecified atom stereocenters. The molecule has 6 nitrogen and oxygen atoms in total. The van der Waals surface area contributed by atoms with E-state index in [9.17, 15) is 9.90 Å². The number of benzene rings is 1. The van der Waals surface area contributed by atoms with Crippen LogP contribution in [-0.2, 0) is 10.3 Å². The molecule has 2 atom stereocenters. The molecule has 1 heterocycles. The Balaban J connectivity index is 2.46. The second-order valence-electron chi connectivity index (χ2n) is 5.01. The Bertz CT molecular complexity index is 596. The minimum atomic E-state index is -1.14. The predicted molar refractivity (Wildman–Crippen MR) is 73.4 cm³/mol. The molecule has 0 fully saturated rings. The lowest BCUT2D eigenvalue weighted by Crippen LogP contribution is -2.40. The van der Waals surface area contributed by atoms with Crippen LogP contribution in [0, 0.1) is 0 Å². The Kier molecular flexibility index (Phi) is 3.83. The molecule has 106 valence electrons. The quantitative estimate of drug-likeness (QED) is 0.902. The minimum absolute atomic E-state index is 0.0728. The van der Waals surface area contributed by atoms with E-state index >= 15 is 0 Å². The molecule has 0 saturated heterocycles. The highest BCUT2D eigenvalue weighted by atomic mass is 16.4. The van der Waals surface area contributed by atoms with Gasteiger partial charge in [-0.15, -0.1) is 5.10 Å². The molecule has 1 N–H and O–H groups in total. The summed E-state index contributed by atoms with van der Waals surface area (Å²) in [6.07, 6.45) is 0.405. The van der Waals surface area contributed by atoms with Crippen LogP contribution < -0.4 is 0 Å². The number of hydrogen-bond donors (Lipinski definition) is 1. The summed E-state index contributed by atoms with van der Waals surface area (Å²) < 4.78 is 1.42. The number of hydrogen-bond acceptors (Lipinski definition) is 4. The molecule has 1 aromatic carbocycles. The lowest BCUT2D eigenvalue weighted by molar-refractivity contribution is -0.147. The normalized spacial score (nSPS) is 15.6. The fraction of sp³-hybridized carbons (Fsp3) is 0.429. The van der Waals surface area contributed by atoms with Gasteiger partial charge < -0.3 is 5.11 Å². The predicted octanol–water partition coefficient (Wildman–Crippen LogP) is 2.03. The van der Waals surface area contributed by atoms with Crippen molar-refractivity contribution in [3.05, 3.63) is 41.7 Å². The largest absolute Gasteiger partial charge is 0.479 e. The van der Waals surface area contributed by atoms with E-state index in [1.54, 1.807) is 6.92 Å². The Labute approximate surface area is 117 Å². The fourth-order valence-corrected chi connectivity index (χ4v) is 2.10. The molecule has 0 aliphatic rings. The lowest BCUT2D eigenvalue weighted by atomic mass is 9.96. The molecule has 2 aromatic rings. The zero-order valence-electron chi connectivity index (χ0n) is 11.8. The zero-order valence-corrected chi connectivity index (χ0v) is 11.8. The van der Waals surface area contributed by atoms with Crippen LogP contribution in [0.5, 0.6) is 0 Å². The van der Waals surface area contributed by atoms with Gasteiger partial charge in [-0.1, -0.05) is 44.2 Å². The molecule has 1 aromatic heterocycles. The van der Waals surface area contributed by atoms with Crippen LogP contribution >= 0.6 is 0 Å². The summed E-state index contributed by atoms with van der Waals surface area (Å²) in [5.41, 5.74) is -0.0885. The maximum Gasteiger partial charge on any atom is 0.331 e. The first-order chi connectivity index (χ1) is 9.50. The van der Waals surface area contributed by atoms with Gasteiger partial charge in [0.1, 0.15) is 0 Å². The van der Waals surface area contributed by atoms with Crippen molar-refractivity contribution < 1.29 is 9.90 Å². The fourth-order valence-electron chi connectivity index (χ4n) is 2.10. The first-order valence-corrected chi connectivity index (χ1v) is 6.57. The smallest absolute Gasteiger partial charge is 0.331 e. The number of nitrogens with zero attached hydrogens (tertiary/aromatic N) is 4. The number of aliphatic carboxylic acids is 1. The standard InChI is InChI=1S/C14H18N4O2/c1-4-14(3,13(19)20)18-12(15-16-17-18)10(2)11-8-6-5-7-9-11/h5-10H,4H2,1-3H3,(H,19,20). The van der Waals surface area contributed by atoms with E-state index in [2.05, 4.69) is 15.5 Å². The summed E-state index contributed by atoms with van der Waals surface area (Å²) in [5.74, 6) is -0.451. The molecule has 0 aliphatic carbocycles. The third-order valence-corrected chi connectivity index (χ3v) is 3.80. The van der Waals surface area contributed by atoms with E-state index in [1.165, 1.54) is 4.68 Å². The molecule has 0 radical (unpaired) electrons. The Morgan fingerprint density at radius 1 is 1.40 bits per heavy atom. The lowest BCUT2D eigenvalue weighted by Gasteiger charge is -2.25. The van der Waals surface area contributed by atoms with Crippen molar-refractivity contribution in [3.63, 3.8) is 0 Å². The second kappa shape index (κ2) is 5.40. The van der Waals surface area contributed by atoms with Gasteiger partial charge in [0.05, 0.1) is 0 Å². The molecule has 6 heteroatoms. The van der Waals surface area contributed by atoms with Gasteiger partial charge in [-0.2, -0.15) is 0 Å². The molecular weight excluding hydrogens is 256 g/mol. The molecule has 0 spiro atoms. The molecule has 2 rings (SSSR count). The summed E-state index contributed by atoms with van der Waals surface area (Å²) in [4.78, 5) is 11.5. The molecule has 0 amide bonds. The van der Waals surface area contributed by atoms with Crippen LogP contribution in [0.3, 0.4) is 0 Å². The molecule has 0 bridgehead atoms. The number of carboxylic acids is 1. The third kappa shape index (κ3) is 2.29. The number of rotatable bonds is 5. The van der Waals surface area contributed by atoms with Crippen LogP contribution in [0.4, 0.5) is 0 Å². The van der Waals surface area contributed by atoms with Crippen molar-refractivity contribution in [2.24, 2.45) is 0 Å². The molecular formula is C14H18N4O2. The van der Waals surface area contributed by atoms with Gasteiger partial charge in [-0.3, -0.25) is 0 Å². The summed E-state index contributed by atoms with van der Waals surface area (Å²) >= 11 is 0. The number of carboxylic acid groups (broad SMARTS) is 1. The van der Waals surface area contributed by atoms with Gasteiger partial charge in [0.25, 0.3) is 0 Å². The number of tetrazole rings is 1. The van der Waals surface area contributed by atoms with Crippen LogP contribution in [-0.4, -0.2) is 31.3 Å². The zero-order chi connectivity index (χ0) is 14.8. The van der Waals surface area contributed by atoms with Crippen LogP contribution in [0.25, 0.3) is 0 Å². The first kappa shape index (κ1) is 14.2. The molecule has 0 aliphatic heterocycles. The van der Waals surface area contributed by atoms with Crippen molar-refractivity contribution >= 4 is 5.97 Å². The van der Waals surface area contributed by atoms with E-state index < -0.39 is 11.5 Å². The van der Waals surface area contributed by atoms with Crippen LogP contribution in [0.15, 0.2) is 30.3 Å². The van der Waals surface area contributed by atoms with Crippen molar-refractivity contribution in [1.82, 2.24) is 20.2 Å². The summed E-state index contributed by atoms with van der Waals surface area (Å²) in [7, 11) is 0. The molecule has 20 heavy (non-hydrogen) atoms. The first-order valence-electron chi connectivity index (χ1n) is 6.57. The van der Waals surface area contributed by atoms with Gasteiger partial charge in [0.2, 0.25) is 0 Å². The average Bonchev–Trinajstić information content (AvgIpc) is 2.96. The highest BCUT2D eigenvalue weighted by Crippen LogP contribution is 2.27. The average molecular weight is 274 g/mol. The Morgan fingerprint density at radius 3 is 2.60 bits per heavy atom. The Hall–Kier alpha value is -2.24. The van der Waals surface area contributed by atoms with Gasteiger partial charge in [-0.25, -0.2) is 9.48 Å². The van der Waals surface area contributed by atoms with Gasteiger partial charge in [0, 0.05) is 5.92 Å². The summed E-state index contributed by atoms with van der Waals surface area (Å²) in [6, 6.07) is 9.78.